The number of hydrogen-bond donors (Lipinski definition) is 1. The molecule has 31 heavy (non-hydrogen) atoms. The molecule has 1 aliphatic rings. The number of nitrogens with zero attached hydrogens (tertiary/aromatic N) is 1. The van der Waals surface area contributed by atoms with E-state index < -0.39 is 0 Å². The third-order valence-electron chi connectivity index (χ3n) is 7.15. The van der Waals surface area contributed by atoms with Gasteiger partial charge in [0.15, 0.2) is 0 Å². The van der Waals surface area contributed by atoms with Gasteiger partial charge in [-0.3, -0.25) is 4.79 Å². The summed E-state index contributed by atoms with van der Waals surface area (Å²) < 4.78 is 0. The number of unbranched alkanes of at least 4 members (excludes halogenated alkanes) is 12. The molecule has 172 valence electrons. The van der Waals surface area contributed by atoms with E-state index in [4.69, 9.17) is 0 Å². The summed E-state index contributed by atoms with van der Waals surface area (Å²) in [4.78, 5) is 18.5. The molecule has 3 rings (SSSR count). The van der Waals surface area contributed by atoms with Crippen LogP contribution in [0.25, 0.3) is 10.9 Å². The van der Waals surface area contributed by atoms with E-state index in [0.29, 0.717) is 12.3 Å². The Labute approximate surface area is 190 Å². The number of hydrogen-bond acceptors (Lipinski definition) is 1. The molecule has 0 saturated carbocycles. The molecule has 1 amide bonds. The van der Waals surface area contributed by atoms with Crippen molar-refractivity contribution in [2.75, 3.05) is 6.54 Å². The fourth-order valence-corrected chi connectivity index (χ4v) is 5.21. The standard InChI is InChI=1S/C28H44N2O/c1-3-4-5-6-7-8-9-10-11-12-13-14-15-20-27(31)30-22-21-25-24-18-16-17-19-26(24)29-28(25)23(30)2/h16-19,23,29H,3-15,20-22H2,1-2H3/t23-/m0/s1. The monoisotopic (exact) mass is 424 g/mol. The number of fused-ring (bicyclic) bond motifs is 3. The highest BCUT2D eigenvalue weighted by Gasteiger charge is 2.29. The lowest BCUT2D eigenvalue weighted by Crippen LogP contribution is -2.38. The summed E-state index contributed by atoms with van der Waals surface area (Å²) in [5, 5.41) is 1.33. The van der Waals surface area contributed by atoms with Crippen molar-refractivity contribution in [1.82, 2.24) is 9.88 Å². The van der Waals surface area contributed by atoms with Crippen LogP contribution in [0.2, 0.25) is 0 Å². The van der Waals surface area contributed by atoms with Crippen molar-refractivity contribution < 1.29 is 4.79 Å². The summed E-state index contributed by atoms with van der Waals surface area (Å²) in [6, 6.07) is 8.67. The zero-order chi connectivity index (χ0) is 21.9. The molecule has 0 bridgehead atoms. The minimum atomic E-state index is 0.158. The SMILES string of the molecule is CCCCCCCCCCCCCCCC(=O)N1CCc2c([nH]c3ccccc23)[C@@H]1C. The molecule has 1 aromatic heterocycles. The molecule has 0 saturated heterocycles. The van der Waals surface area contributed by atoms with Gasteiger partial charge in [-0.1, -0.05) is 102 Å². The van der Waals surface area contributed by atoms with Crippen LogP contribution in [0.4, 0.5) is 0 Å². The molecule has 1 aromatic carbocycles. The summed E-state index contributed by atoms with van der Waals surface area (Å²) in [5.41, 5.74) is 3.85. The molecule has 3 nitrogen and oxygen atoms in total. The molecule has 1 atom stereocenters. The van der Waals surface area contributed by atoms with Crippen LogP contribution in [0.1, 0.15) is 121 Å². The third kappa shape index (κ3) is 6.85. The third-order valence-corrected chi connectivity index (χ3v) is 7.15. The maximum atomic E-state index is 12.8. The highest BCUT2D eigenvalue weighted by atomic mass is 16.2. The second kappa shape index (κ2) is 12.9. The Balaban J connectivity index is 1.26. The van der Waals surface area contributed by atoms with E-state index in [2.05, 4.69) is 48.0 Å². The van der Waals surface area contributed by atoms with Crippen molar-refractivity contribution >= 4 is 16.8 Å². The summed E-state index contributed by atoms with van der Waals surface area (Å²) in [6.45, 7) is 5.31. The average molecular weight is 425 g/mol. The zero-order valence-corrected chi connectivity index (χ0v) is 20.1. The van der Waals surface area contributed by atoms with E-state index >= 15 is 0 Å². The predicted octanol–water partition coefficient (Wildman–Crippen LogP) is 8.09. The van der Waals surface area contributed by atoms with Crippen LogP contribution >= 0.6 is 0 Å². The highest BCUT2D eigenvalue weighted by Crippen LogP contribution is 2.34. The summed E-state index contributed by atoms with van der Waals surface area (Å²) in [5.74, 6) is 0.333. The molecule has 2 aromatic rings. The number of nitrogens with one attached hydrogen (secondary N) is 1. The largest absolute Gasteiger partial charge is 0.356 e. The van der Waals surface area contributed by atoms with Crippen molar-refractivity contribution in [3.8, 4) is 0 Å². The number of carbonyl (C=O) groups excluding carboxylic acids is 1. The van der Waals surface area contributed by atoms with Gasteiger partial charge in [0.2, 0.25) is 5.91 Å². The number of amides is 1. The fraction of sp³-hybridized carbons (Fsp3) is 0.679. The van der Waals surface area contributed by atoms with Gasteiger partial charge in [0.05, 0.1) is 6.04 Å². The molecule has 1 N–H and O–H groups in total. The fourth-order valence-electron chi connectivity index (χ4n) is 5.21. The smallest absolute Gasteiger partial charge is 0.223 e. The van der Waals surface area contributed by atoms with Gasteiger partial charge in [0.25, 0.3) is 0 Å². The summed E-state index contributed by atoms with van der Waals surface area (Å²) >= 11 is 0. The molecule has 0 radical (unpaired) electrons. The van der Waals surface area contributed by atoms with Crippen molar-refractivity contribution in [3.63, 3.8) is 0 Å². The topological polar surface area (TPSA) is 36.1 Å². The van der Waals surface area contributed by atoms with Gasteiger partial charge in [-0.25, -0.2) is 0 Å². The average Bonchev–Trinajstić information content (AvgIpc) is 3.17. The maximum Gasteiger partial charge on any atom is 0.223 e. The maximum absolute atomic E-state index is 12.8. The molecular weight excluding hydrogens is 380 g/mol. The second-order valence-corrected chi connectivity index (χ2v) is 9.57. The van der Waals surface area contributed by atoms with Crippen LogP contribution in [-0.2, 0) is 11.2 Å². The lowest BCUT2D eigenvalue weighted by atomic mass is 9.97. The van der Waals surface area contributed by atoms with E-state index in [1.807, 2.05) is 0 Å². The molecule has 2 heterocycles. The van der Waals surface area contributed by atoms with Gasteiger partial charge in [0, 0.05) is 29.6 Å². The molecule has 1 aliphatic heterocycles. The van der Waals surface area contributed by atoms with Crippen molar-refractivity contribution in [3.05, 3.63) is 35.5 Å². The first-order valence-electron chi connectivity index (χ1n) is 13.1. The van der Waals surface area contributed by atoms with Gasteiger partial charge in [-0.15, -0.1) is 0 Å². The Morgan fingerprint density at radius 2 is 1.48 bits per heavy atom. The number of aromatic nitrogens is 1. The summed E-state index contributed by atoms with van der Waals surface area (Å²) in [7, 11) is 0. The second-order valence-electron chi connectivity index (χ2n) is 9.57. The summed E-state index contributed by atoms with van der Waals surface area (Å²) in [6.07, 6.45) is 19.2. The van der Waals surface area contributed by atoms with Crippen LogP contribution in [0.5, 0.6) is 0 Å². The van der Waals surface area contributed by atoms with Crippen LogP contribution < -0.4 is 0 Å². The van der Waals surface area contributed by atoms with Crippen LogP contribution in [0, 0.1) is 0 Å². The van der Waals surface area contributed by atoms with Crippen LogP contribution in [0.3, 0.4) is 0 Å². The van der Waals surface area contributed by atoms with Gasteiger partial charge in [0.1, 0.15) is 0 Å². The quantitative estimate of drug-likeness (QED) is 0.306. The number of aromatic amines is 1. The Kier molecular flexibility index (Phi) is 9.96. The van der Waals surface area contributed by atoms with Gasteiger partial charge >= 0.3 is 0 Å². The Morgan fingerprint density at radius 3 is 2.13 bits per heavy atom. The number of rotatable bonds is 14. The van der Waals surface area contributed by atoms with E-state index in [1.54, 1.807) is 0 Å². The van der Waals surface area contributed by atoms with Crippen LogP contribution in [-0.4, -0.2) is 22.3 Å². The predicted molar refractivity (Wildman–Crippen MR) is 132 cm³/mol. The first-order valence-corrected chi connectivity index (χ1v) is 13.1. The lowest BCUT2D eigenvalue weighted by molar-refractivity contribution is -0.134. The first kappa shape index (κ1) is 23.9. The van der Waals surface area contributed by atoms with E-state index in [-0.39, 0.29) is 6.04 Å². The number of benzene rings is 1. The molecular formula is C28H44N2O. The Bertz CT molecular complexity index is 793. The molecule has 3 heteroatoms. The molecule has 0 aliphatic carbocycles. The van der Waals surface area contributed by atoms with Crippen molar-refractivity contribution in [2.24, 2.45) is 0 Å². The van der Waals surface area contributed by atoms with Crippen LogP contribution in [0.15, 0.2) is 24.3 Å². The van der Waals surface area contributed by atoms with E-state index in [0.717, 1.165) is 19.4 Å². The van der Waals surface area contributed by atoms with Crippen molar-refractivity contribution in [2.45, 2.75) is 116 Å². The first-order chi connectivity index (χ1) is 15.2. The highest BCUT2D eigenvalue weighted by molar-refractivity contribution is 5.86. The molecule has 0 fully saturated rings. The van der Waals surface area contributed by atoms with E-state index in [1.165, 1.54) is 99.2 Å². The van der Waals surface area contributed by atoms with Crippen molar-refractivity contribution in [1.29, 1.82) is 0 Å². The zero-order valence-electron chi connectivity index (χ0n) is 20.1. The lowest BCUT2D eigenvalue weighted by Gasteiger charge is -2.33. The normalized spacial score (nSPS) is 16.1. The Hall–Kier alpha value is -1.77. The number of para-hydroxylation sites is 1. The van der Waals surface area contributed by atoms with E-state index in [9.17, 15) is 4.79 Å². The number of carbonyl (C=O) groups is 1. The minimum Gasteiger partial charge on any atom is -0.356 e. The molecule has 0 spiro atoms. The van der Waals surface area contributed by atoms with Gasteiger partial charge in [-0.05, 0) is 31.4 Å². The Morgan fingerprint density at radius 1 is 0.903 bits per heavy atom. The van der Waals surface area contributed by atoms with Gasteiger partial charge < -0.3 is 9.88 Å². The van der Waals surface area contributed by atoms with Gasteiger partial charge in [-0.2, -0.15) is 0 Å². The number of H-pyrrole nitrogens is 1. The minimum absolute atomic E-state index is 0.158. The molecule has 0 unspecified atom stereocenters.